The molecule has 10 heteroatoms. The van der Waals surface area contributed by atoms with Crippen molar-refractivity contribution in [3.05, 3.63) is 28.3 Å². The third kappa shape index (κ3) is 4.77. The number of nitro groups is 1. The van der Waals surface area contributed by atoms with Gasteiger partial charge in [0, 0.05) is 18.2 Å². The molecule has 2 atom stereocenters. The summed E-state index contributed by atoms with van der Waals surface area (Å²) >= 11 is 0. The van der Waals surface area contributed by atoms with Gasteiger partial charge in [-0.2, -0.15) is 0 Å². The minimum atomic E-state index is -3.79. The second-order valence-corrected chi connectivity index (χ2v) is 6.97. The minimum Gasteiger partial charge on any atom is -0.495 e. The van der Waals surface area contributed by atoms with Gasteiger partial charge in [0.25, 0.3) is 5.69 Å². The van der Waals surface area contributed by atoms with E-state index in [4.69, 9.17) is 4.74 Å². The smallest absolute Gasteiger partial charge is 0.273 e. The summed E-state index contributed by atoms with van der Waals surface area (Å²) in [5.41, 5.74) is -0.216. The molecule has 1 heterocycles. The molecule has 0 aliphatic carbocycles. The maximum Gasteiger partial charge on any atom is 0.273 e. The van der Waals surface area contributed by atoms with Gasteiger partial charge in [-0.3, -0.25) is 10.1 Å². The highest BCUT2D eigenvalue weighted by molar-refractivity contribution is 7.89. The van der Waals surface area contributed by atoms with E-state index in [1.54, 1.807) is 0 Å². The van der Waals surface area contributed by atoms with E-state index in [9.17, 15) is 18.5 Å². The van der Waals surface area contributed by atoms with Gasteiger partial charge in [0.2, 0.25) is 10.0 Å². The molecule has 130 valence electrons. The Labute approximate surface area is 141 Å². The lowest BCUT2D eigenvalue weighted by molar-refractivity contribution is -0.385. The Hall–Kier alpha value is -1.42. The van der Waals surface area contributed by atoms with Crippen LogP contribution in [0.3, 0.4) is 0 Å². The Morgan fingerprint density at radius 3 is 2.70 bits per heavy atom. The zero-order chi connectivity index (χ0) is 16.3. The number of methoxy groups -OCH3 is 1. The molecule has 23 heavy (non-hydrogen) atoms. The molecule has 2 rings (SSSR count). The molecule has 2 N–H and O–H groups in total. The maximum absolute atomic E-state index is 12.5. The van der Waals surface area contributed by atoms with Gasteiger partial charge in [0.1, 0.15) is 10.6 Å². The molecular formula is C13H20ClN3O5S. The van der Waals surface area contributed by atoms with E-state index in [0.717, 1.165) is 18.7 Å². The quantitative estimate of drug-likeness (QED) is 0.603. The number of nitrogens with zero attached hydrogens (tertiary/aromatic N) is 1. The highest BCUT2D eigenvalue weighted by atomic mass is 35.5. The van der Waals surface area contributed by atoms with Gasteiger partial charge in [-0.05, 0) is 32.4 Å². The summed E-state index contributed by atoms with van der Waals surface area (Å²) in [4.78, 5) is 10.1. The SMILES string of the molecule is COc1cc([N+](=O)[O-])ccc1S(=O)(=O)NC1CCNC(C)C1.Cl. The summed E-state index contributed by atoms with van der Waals surface area (Å²) < 4.78 is 32.6. The number of nitrogens with one attached hydrogen (secondary N) is 2. The molecule has 0 radical (unpaired) electrons. The van der Waals surface area contributed by atoms with Gasteiger partial charge in [0.05, 0.1) is 18.1 Å². The molecule has 1 aliphatic heterocycles. The van der Waals surface area contributed by atoms with Crippen molar-refractivity contribution >= 4 is 28.1 Å². The van der Waals surface area contributed by atoms with Crippen LogP contribution in [0.15, 0.2) is 23.1 Å². The van der Waals surface area contributed by atoms with Crippen LogP contribution >= 0.6 is 12.4 Å². The van der Waals surface area contributed by atoms with Gasteiger partial charge in [-0.1, -0.05) is 0 Å². The lowest BCUT2D eigenvalue weighted by Crippen LogP contribution is -2.46. The number of piperidine rings is 1. The fourth-order valence-corrected chi connectivity index (χ4v) is 3.95. The number of rotatable bonds is 5. The van der Waals surface area contributed by atoms with Crippen molar-refractivity contribution in [3.63, 3.8) is 0 Å². The van der Waals surface area contributed by atoms with E-state index in [1.165, 1.54) is 13.2 Å². The number of ether oxygens (including phenoxy) is 1. The molecule has 0 spiro atoms. The summed E-state index contributed by atoms with van der Waals surface area (Å²) in [6.07, 6.45) is 1.38. The van der Waals surface area contributed by atoms with Crippen molar-refractivity contribution in [3.8, 4) is 5.75 Å². The van der Waals surface area contributed by atoms with Gasteiger partial charge in [-0.15, -0.1) is 12.4 Å². The van der Waals surface area contributed by atoms with Crippen LogP contribution in [0.5, 0.6) is 5.75 Å². The van der Waals surface area contributed by atoms with Crippen LogP contribution in [-0.4, -0.2) is 39.1 Å². The van der Waals surface area contributed by atoms with Crippen LogP contribution < -0.4 is 14.8 Å². The predicted molar refractivity (Wildman–Crippen MR) is 87.7 cm³/mol. The van der Waals surface area contributed by atoms with Crippen molar-refractivity contribution in [1.29, 1.82) is 0 Å². The molecular weight excluding hydrogens is 346 g/mol. The zero-order valence-electron chi connectivity index (χ0n) is 12.8. The first kappa shape index (κ1) is 19.6. The van der Waals surface area contributed by atoms with E-state index in [1.807, 2.05) is 6.92 Å². The second-order valence-electron chi connectivity index (χ2n) is 5.29. The van der Waals surface area contributed by atoms with Crippen LogP contribution in [-0.2, 0) is 10.0 Å². The average molecular weight is 366 g/mol. The number of sulfonamides is 1. The largest absolute Gasteiger partial charge is 0.495 e. The van der Waals surface area contributed by atoms with Gasteiger partial charge in [0.15, 0.2) is 0 Å². The number of halogens is 1. The molecule has 1 aromatic rings. The average Bonchev–Trinajstić information content (AvgIpc) is 2.46. The Bertz CT molecular complexity index is 668. The topological polar surface area (TPSA) is 111 Å². The van der Waals surface area contributed by atoms with E-state index in [2.05, 4.69) is 10.0 Å². The Balaban J connectivity index is 0.00000264. The molecule has 0 bridgehead atoms. The van der Waals surface area contributed by atoms with Gasteiger partial charge in [-0.25, -0.2) is 13.1 Å². The molecule has 0 amide bonds. The number of hydrogen-bond acceptors (Lipinski definition) is 6. The summed E-state index contributed by atoms with van der Waals surface area (Å²) in [6.45, 7) is 2.73. The van der Waals surface area contributed by atoms with E-state index < -0.39 is 14.9 Å². The van der Waals surface area contributed by atoms with Gasteiger partial charge >= 0.3 is 0 Å². The highest BCUT2D eigenvalue weighted by Crippen LogP contribution is 2.28. The number of nitro benzene ring substituents is 1. The van der Waals surface area contributed by atoms with Crippen molar-refractivity contribution in [2.24, 2.45) is 0 Å². The normalized spacial score (nSPS) is 21.3. The maximum atomic E-state index is 12.5. The molecule has 1 aromatic carbocycles. The lowest BCUT2D eigenvalue weighted by Gasteiger charge is -2.28. The Morgan fingerprint density at radius 1 is 1.43 bits per heavy atom. The van der Waals surface area contributed by atoms with E-state index in [-0.39, 0.29) is 40.8 Å². The summed E-state index contributed by atoms with van der Waals surface area (Å²) in [7, 11) is -2.51. The first-order valence-corrected chi connectivity index (χ1v) is 8.40. The predicted octanol–water partition coefficient (Wildman–Crippen LogP) is 1.44. The molecule has 0 saturated carbocycles. The van der Waals surface area contributed by atoms with Crippen LogP contribution in [0, 0.1) is 10.1 Å². The summed E-state index contributed by atoms with van der Waals surface area (Å²) in [6, 6.07) is 3.53. The fraction of sp³-hybridized carbons (Fsp3) is 0.538. The first-order valence-electron chi connectivity index (χ1n) is 6.91. The monoisotopic (exact) mass is 365 g/mol. The standard InChI is InChI=1S/C13H19N3O5S.ClH/c1-9-7-10(5-6-14-9)15-22(19,20)13-4-3-11(16(17)18)8-12(13)21-2;/h3-4,8-10,14-15H,5-7H2,1-2H3;1H. The van der Waals surface area contributed by atoms with Crippen molar-refractivity contribution in [2.45, 2.75) is 36.7 Å². The van der Waals surface area contributed by atoms with Crippen molar-refractivity contribution < 1.29 is 18.1 Å². The number of benzene rings is 1. The van der Waals surface area contributed by atoms with Crippen LogP contribution in [0.25, 0.3) is 0 Å². The molecule has 1 aliphatic rings. The fourth-order valence-electron chi connectivity index (χ4n) is 2.51. The third-order valence-corrected chi connectivity index (χ3v) is 5.15. The minimum absolute atomic E-state index is 0. The third-order valence-electron chi connectivity index (χ3n) is 3.59. The molecule has 1 fully saturated rings. The van der Waals surface area contributed by atoms with Crippen molar-refractivity contribution in [1.82, 2.24) is 10.0 Å². The number of hydrogen-bond donors (Lipinski definition) is 2. The molecule has 2 unspecified atom stereocenters. The van der Waals surface area contributed by atoms with E-state index >= 15 is 0 Å². The second kappa shape index (κ2) is 7.91. The molecule has 8 nitrogen and oxygen atoms in total. The Morgan fingerprint density at radius 2 is 2.13 bits per heavy atom. The summed E-state index contributed by atoms with van der Waals surface area (Å²) in [5.74, 6) is -0.0383. The summed E-state index contributed by atoms with van der Waals surface area (Å²) in [5, 5.41) is 14.0. The Kier molecular flexibility index (Phi) is 6.75. The zero-order valence-corrected chi connectivity index (χ0v) is 14.4. The number of non-ortho nitro benzene ring substituents is 1. The lowest BCUT2D eigenvalue weighted by atomic mass is 10.0. The van der Waals surface area contributed by atoms with Crippen LogP contribution in [0.2, 0.25) is 0 Å². The van der Waals surface area contributed by atoms with Crippen molar-refractivity contribution in [2.75, 3.05) is 13.7 Å². The van der Waals surface area contributed by atoms with Crippen LogP contribution in [0.1, 0.15) is 19.8 Å². The first-order chi connectivity index (χ1) is 10.3. The van der Waals surface area contributed by atoms with E-state index in [0.29, 0.717) is 12.8 Å². The van der Waals surface area contributed by atoms with Crippen LogP contribution in [0.4, 0.5) is 5.69 Å². The molecule has 1 saturated heterocycles. The highest BCUT2D eigenvalue weighted by Gasteiger charge is 2.27. The molecule has 0 aromatic heterocycles. The van der Waals surface area contributed by atoms with Gasteiger partial charge < -0.3 is 10.1 Å².